The van der Waals surface area contributed by atoms with Gasteiger partial charge in [-0.1, -0.05) is 0 Å². The molecule has 13 heavy (non-hydrogen) atoms. The molecule has 6 nitrogen and oxygen atoms in total. The first-order valence-electron chi connectivity index (χ1n) is 3.25. The van der Waals surface area contributed by atoms with E-state index in [-0.39, 0.29) is 4.35 Å². The Hall–Kier alpha value is -1.26. The first kappa shape index (κ1) is 9.82. The Morgan fingerprint density at radius 2 is 1.92 bits per heavy atom. The van der Waals surface area contributed by atoms with Crippen LogP contribution in [-0.4, -0.2) is 23.4 Å². The van der Waals surface area contributed by atoms with Gasteiger partial charge < -0.3 is 0 Å². The fourth-order valence-electron chi connectivity index (χ4n) is 0.754. The van der Waals surface area contributed by atoms with E-state index in [0.29, 0.717) is 0 Å². The SMILES string of the molecule is O=[N+]([O-])O[As](=O)(O)c1ccccc1. The zero-order valence-electron chi connectivity index (χ0n) is 6.36. The maximum atomic E-state index is 11.2. The zero-order chi connectivity index (χ0) is 9.90. The molecular formula is C6H6AsNO5. The van der Waals surface area contributed by atoms with Crippen molar-refractivity contribution in [1.82, 2.24) is 0 Å². The molecular weight excluding hydrogens is 241 g/mol. The molecule has 0 spiro atoms. The molecule has 1 N–H and O–H groups in total. The molecule has 0 radical (unpaired) electrons. The summed E-state index contributed by atoms with van der Waals surface area (Å²) in [6.07, 6.45) is 0. The summed E-state index contributed by atoms with van der Waals surface area (Å²) < 4.78 is 24.0. The number of benzene rings is 1. The number of hydrogen-bond acceptors (Lipinski definition) is 4. The predicted molar refractivity (Wildman–Crippen MR) is 42.8 cm³/mol. The summed E-state index contributed by atoms with van der Waals surface area (Å²) in [5, 5.41) is 8.60. The van der Waals surface area contributed by atoms with E-state index in [1.165, 1.54) is 24.3 Å². The molecule has 1 unspecified atom stereocenters. The van der Waals surface area contributed by atoms with Gasteiger partial charge in [0.1, 0.15) is 0 Å². The van der Waals surface area contributed by atoms with Gasteiger partial charge in [0.25, 0.3) is 0 Å². The van der Waals surface area contributed by atoms with Crippen molar-refractivity contribution in [3.05, 3.63) is 40.4 Å². The van der Waals surface area contributed by atoms with Gasteiger partial charge >= 0.3 is 75.7 Å². The Balaban J connectivity index is 2.95. The molecule has 0 amide bonds. The van der Waals surface area contributed by atoms with Crippen LogP contribution in [0.15, 0.2) is 30.3 Å². The summed E-state index contributed by atoms with van der Waals surface area (Å²) >= 11 is -4.94. The topological polar surface area (TPSA) is 89.7 Å². The van der Waals surface area contributed by atoms with E-state index in [0.717, 1.165) is 0 Å². The van der Waals surface area contributed by atoms with Crippen molar-refractivity contribution >= 4 is 18.5 Å². The maximum absolute atomic E-state index is 11.2. The first-order valence-corrected chi connectivity index (χ1v) is 6.56. The molecule has 1 rings (SSSR count). The molecule has 0 aliphatic rings. The Morgan fingerprint density at radius 1 is 1.38 bits per heavy atom. The number of rotatable bonds is 3. The van der Waals surface area contributed by atoms with E-state index < -0.39 is 19.3 Å². The second-order valence-electron chi connectivity index (χ2n) is 2.16. The van der Waals surface area contributed by atoms with E-state index in [9.17, 15) is 13.9 Å². The second-order valence-corrected chi connectivity index (χ2v) is 5.77. The number of nitrogens with zero attached hydrogens (tertiary/aromatic N) is 1. The molecule has 0 bridgehead atoms. The van der Waals surface area contributed by atoms with Crippen LogP contribution in [0.1, 0.15) is 0 Å². The van der Waals surface area contributed by atoms with Gasteiger partial charge in [-0.3, -0.25) is 0 Å². The van der Waals surface area contributed by atoms with Crippen LogP contribution < -0.4 is 4.35 Å². The Morgan fingerprint density at radius 3 is 2.38 bits per heavy atom. The molecule has 1 atom stereocenters. The monoisotopic (exact) mass is 247 g/mol. The molecule has 1 aromatic rings. The molecule has 0 aliphatic carbocycles. The van der Waals surface area contributed by atoms with Crippen LogP contribution in [0.2, 0.25) is 0 Å². The van der Waals surface area contributed by atoms with Crippen LogP contribution in [0.25, 0.3) is 0 Å². The Bertz CT molecular complexity index is 351. The average Bonchev–Trinajstić information content (AvgIpc) is 2.04. The minimum atomic E-state index is -4.94. The van der Waals surface area contributed by atoms with Crippen molar-refractivity contribution in [2.45, 2.75) is 0 Å². The van der Waals surface area contributed by atoms with Gasteiger partial charge in [0.15, 0.2) is 0 Å². The van der Waals surface area contributed by atoms with Gasteiger partial charge in [0, 0.05) is 0 Å². The van der Waals surface area contributed by atoms with Crippen molar-refractivity contribution in [2.24, 2.45) is 0 Å². The average molecular weight is 247 g/mol. The van der Waals surface area contributed by atoms with E-state index in [1.807, 2.05) is 0 Å². The molecule has 0 fully saturated rings. The fourth-order valence-corrected chi connectivity index (χ4v) is 2.48. The summed E-state index contributed by atoms with van der Waals surface area (Å²) in [6, 6.07) is 7.25. The number of hydrogen-bond donors (Lipinski definition) is 1. The Kier molecular flexibility index (Phi) is 2.75. The van der Waals surface area contributed by atoms with Gasteiger partial charge in [-0.05, 0) is 0 Å². The summed E-state index contributed by atoms with van der Waals surface area (Å²) in [5.41, 5.74) is 0. The zero-order valence-corrected chi connectivity index (χ0v) is 8.24. The summed E-state index contributed by atoms with van der Waals surface area (Å²) in [4.78, 5) is 9.85. The Labute approximate surface area is 76.2 Å². The second kappa shape index (κ2) is 3.63. The molecule has 7 heteroatoms. The van der Waals surface area contributed by atoms with Gasteiger partial charge in [-0.2, -0.15) is 0 Å². The van der Waals surface area contributed by atoms with Gasteiger partial charge in [-0.25, -0.2) is 0 Å². The normalized spacial score (nSPS) is 14.5. The van der Waals surface area contributed by atoms with Crippen LogP contribution in [0.3, 0.4) is 0 Å². The molecule has 0 saturated heterocycles. The van der Waals surface area contributed by atoms with Crippen molar-refractivity contribution in [3.63, 3.8) is 0 Å². The predicted octanol–water partition coefficient (Wildman–Crippen LogP) is -0.536. The molecule has 0 aliphatic heterocycles. The van der Waals surface area contributed by atoms with E-state index in [2.05, 4.69) is 3.83 Å². The quantitative estimate of drug-likeness (QED) is 0.440. The van der Waals surface area contributed by atoms with Crippen molar-refractivity contribution in [2.75, 3.05) is 0 Å². The van der Waals surface area contributed by atoms with E-state index >= 15 is 0 Å². The summed E-state index contributed by atoms with van der Waals surface area (Å²) in [7, 11) is 0. The fraction of sp³-hybridized carbons (Fsp3) is 0. The third-order valence-corrected chi connectivity index (χ3v) is 4.00. The van der Waals surface area contributed by atoms with Crippen molar-refractivity contribution < 1.29 is 16.7 Å². The van der Waals surface area contributed by atoms with Crippen LogP contribution in [0.4, 0.5) is 0 Å². The first-order chi connectivity index (χ1) is 6.02. The minimum absolute atomic E-state index is 0.0441. The van der Waals surface area contributed by atoms with E-state index in [4.69, 9.17) is 4.10 Å². The standard InChI is InChI=1S/C6H6AsNO5/c9-7(10,13-8(11)12)6-4-2-1-3-5-6/h1-5H,(H,9,10). The van der Waals surface area contributed by atoms with Crippen molar-refractivity contribution in [1.29, 1.82) is 0 Å². The summed E-state index contributed by atoms with van der Waals surface area (Å²) in [6.45, 7) is 0. The molecule has 70 valence electrons. The summed E-state index contributed by atoms with van der Waals surface area (Å²) in [5.74, 6) is 0. The third kappa shape index (κ3) is 2.61. The van der Waals surface area contributed by atoms with Gasteiger partial charge in [0.05, 0.1) is 0 Å². The van der Waals surface area contributed by atoms with Crippen LogP contribution >= 0.6 is 0 Å². The molecule has 1 aromatic carbocycles. The van der Waals surface area contributed by atoms with Crippen LogP contribution in [-0.2, 0) is 7.57 Å². The molecule has 0 heterocycles. The van der Waals surface area contributed by atoms with Gasteiger partial charge in [-0.15, -0.1) is 0 Å². The third-order valence-electron chi connectivity index (χ3n) is 1.26. The van der Waals surface area contributed by atoms with Gasteiger partial charge in [0.2, 0.25) is 0 Å². The molecule has 0 aromatic heterocycles. The van der Waals surface area contributed by atoms with Crippen molar-refractivity contribution in [3.8, 4) is 0 Å². The van der Waals surface area contributed by atoms with Crippen LogP contribution in [0, 0.1) is 10.1 Å². The van der Waals surface area contributed by atoms with Crippen LogP contribution in [0.5, 0.6) is 0 Å². The van der Waals surface area contributed by atoms with E-state index in [1.54, 1.807) is 6.07 Å². The molecule has 0 saturated carbocycles.